The largest absolute Gasteiger partial charge is 0.456 e. The zero-order valence-electron chi connectivity index (χ0n) is 48.3. The second kappa shape index (κ2) is 20.1. The monoisotopic (exact) mass is 1090 g/mol. The average Bonchev–Trinajstić information content (AvgIpc) is 0.847. The number of hydrogen-bond acceptors (Lipinski definition) is 3. The van der Waals surface area contributed by atoms with Gasteiger partial charge in [0.1, 0.15) is 11.2 Å². The van der Waals surface area contributed by atoms with Crippen LogP contribution in [-0.4, -0.2) is 11.3 Å². The Balaban J connectivity index is 1.05. The van der Waals surface area contributed by atoms with Crippen molar-refractivity contribution < 1.29 is 4.42 Å². The number of benzene rings is 12. The average molecular weight is 1090 g/mol. The number of hydrogen-bond donors (Lipinski definition) is 1. The summed E-state index contributed by atoms with van der Waals surface area (Å²) in [5.41, 5.74) is 28.9. The number of nitrogens with one attached hydrogen (secondary N) is 1. The third-order valence-corrected chi connectivity index (χ3v) is 18.2. The van der Waals surface area contributed by atoms with Gasteiger partial charge < -0.3 is 19.2 Å². The van der Waals surface area contributed by atoms with Gasteiger partial charge in [-0.05, 0) is 145 Å². The lowest BCUT2D eigenvalue weighted by molar-refractivity contribution is 0.591. The van der Waals surface area contributed by atoms with Crippen LogP contribution in [0.4, 0.5) is 28.4 Å². The van der Waals surface area contributed by atoms with Crippen LogP contribution in [0.25, 0.3) is 105 Å². The Morgan fingerprint density at radius 1 is 0.447 bits per heavy atom. The lowest BCUT2D eigenvalue weighted by atomic mass is 9.33. The molecular formula is C80H62BN3O. The Bertz CT molecular complexity index is 4820. The molecule has 1 N–H and O–H groups in total. The van der Waals surface area contributed by atoms with Crippen LogP contribution in [0.3, 0.4) is 0 Å². The summed E-state index contributed by atoms with van der Waals surface area (Å²) >= 11 is 0. The molecule has 0 bridgehead atoms. The summed E-state index contributed by atoms with van der Waals surface area (Å²) in [5.74, 6) is 0. The predicted octanol–water partition coefficient (Wildman–Crippen LogP) is 20.0. The minimum Gasteiger partial charge on any atom is -0.456 e. The van der Waals surface area contributed by atoms with Crippen molar-refractivity contribution in [3.8, 4) is 61.3 Å². The molecule has 0 amide bonds. The Labute approximate surface area is 497 Å². The van der Waals surface area contributed by atoms with Crippen LogP contribution < -0.4 is 26.6 Å². The fraction of sp³-hybridized carbons (Fsp3) is 0.100. The molecule has 4 nitrogen and oxygen atoms in total. The molecule has 0 atom stereocenters. The van der Waals surface area contributed by atoms with Crippen molar-refractivity contribution in [2.45, 2.75) is 52.4 Å². The number of rotatable bonds is 10. The molecule has 0 saturated carbocycles. The van der Waals surface area contributed by atoms with Gasteiger partial charge in [-0.3, -0.25) is 0 Å². The molecule has 0 saturated heterocycles. The summed E-state index contributed by atoms with van der Waals surface area (Å²) in [6.07, 6.45) is 3.00. The van der Waals surface area contributed by atoms with Gasteiger partial charge in [-0.25, -0.2) is 0 Å². The number of anilines is 5. The molecule has 4 heterocycles. The number of aryl methyl sites for hydroxylation is 1. The Morgan fingerprint density at radius 3 is 1.64 bits per heavy atom. The zero-order chi connectivity index (χ0) is 56.9. The van der Waals surface area contributed by atoms with Crippen LogP contribution in [-0.2, 0) is 11.8 Å². The maximum Gasteiger partial charge on any atom is 0.252 e. The molecule has 85 heavy (non-hydrogen) atoms. The van der Waals surface area contributed by atoms with Gasteiger partial charge in [-0.1, -0.05) is 234 Å². The van der Waals surface area contributed by atoms with Gasteiger partial charge in [-0.2, -0.15) is 0 Å². The van der Waals surface area contributed by atoms with Gasteiger partial charge in [0.15, 0.2) is 0 Å². The first-order valence-electron chi connectivity index (χ1n) is 30.2. The van der Waals surface area contributed by atoms with E-state index in [1.807, 2.05) is 0 Å². The maximum atomic E-state index is 6.75. The normalized spacial score (nSPS) is 12.7. The molecule has 406 valence electrons. The molecule has 2 aromatic heterocycles. The number of nitrogens with zero attached hydrogens (tertiary/aromatic N) is 2. The fourth-order valence-electron chi connectivity index (χ4n) is 14.2. The molecule has 14 aromatic rings. The summed E-state index contributed by atoms with van der Waals surface area (Å²) in [6.45, 7) is 9.22. The molecule has 2 aliphatic heterocycles. The number of furan rings is 1. The molecule has 12 aromatic carbocycles. The smallest absolute Gasteiger partial charge is 0.252 e. The molecule has 0 spiro atoms. The van der Waals surface area contributed by atoms with E-state index in [0.29, 0.717) is 0 Å². The summed E-state index contributed by atoms with van der Waals surface area (Å²) in [5, 5.41) is 9.26. The van der Waals surface area contributed by atoms with Crippen LogP contribution in [0, 0.1) is 0 Å². The summed E-state index contributed by atoms with van der Waals surface area (Å²) in [4.78, 5) is 2.65. The lowest BCUT2D eigenvalue weighted by Crippen LogP contribution is -2.60. The number of aromatic nitrogens is 1. The topological polar surface area (TPSA) is 33.3 Å². The van der Waals surface area contributed by atoms with E-state index in [1.54, 1.807) is 0 Å². The maximum absolute atomic E-state index is 6.75. The van der Waals surface area contributed by atoms with E-state index < -0.39 is 0 Å². The second-order valence-electron chi connectivity index (χ2n) is 24.2. The predicted molar refractivity (Wildman–Crippen MR) is 362 cm³/mol. The summed E-state index contributed by atoms with van der Waals surface area (Å²) in [6, 6.07) is 97.1. The van der Waals surface area contributed by atoms with Crippen molar-refractivity contribution in [2.24, 2.45) is 0 Å². The minimum atomic E-state index is -0.220. The Kier molecular flexibility index (Phi) is 12.0. The standard InChI is InChI=1S/C80H62BN3O/c1-5-6-33-60-61(41-45-74-75(60)62-36-21-24-39-73(62)85-74)76-71(83-68-37-22-19-34-58(68)59-35-20-23-38-69(59)83)44-42-65-78(76)82-67-49-57(80(2,3)4)50-72-77(67)81(65)66-48-55(51-25-11-7-12-26-51)40-43-70(66)84(72)79-63(53-29-15-9-16-30-53)46-56(52-27-13-8-14-28-52)47-64(79)54-31-17-10-18-32-54/h7-32,34-50,82H,5-6,33H2,1-4H3. The first-order valence-corrected chi connectivity index (χ1v) is 30.2. The lowest BCUT2D eigenvalue weighted by Gasteiger charge is -2.43. The van der Waals surface area contributed by atoms with E-state index in [0.717, 1.165) is 86.5 Å². The van der Waals surface area contributed by atoms with Gasteiger partial charge in [0.05, 0.1) is 22.4 Å². The van der Waals surface area contributed by atoms with Crippen LogP contribution in [0.1, 0.15) is 51.7 Å². The van der Waals surface area contributed by atoms with E-state index in [4.69, 9.17) is 4.42 Å². The fourth-order valence-corrected chi connectivity index (χ4v) is 14.2. The molecule has 0 aliphatic carbocycles. The summed E-state index contributed by atoms with van der Waals surface area (Å²) < 4.78 is 9.29. The highest BCUT2D eigenvalue weighted by molar-refractivity contribution is 7.00. The van der Waals surface area contributed by atoms with Crippen LogP contribution in [0.15, 0.2) is 265 Å². The molecule has 5 heteroatoms. The van der Waals surface area contributed by atoms with Crippen molar-refractivity contribution >= 4 is 95.3 Å². The molecule has 16 rings (SSSR count). The minimum absolute atomic E-state index is 0.169. The second-order valence-corrected chi connectivity index (χ2v) is 24.2. The number of fused-ring (bicyclic) bond motifs is 10. The van der Waals surface area contributed by atoms with Gasteiger partial charge in [0.2, 0.25) is 0 Å². The van der Waals surface area contributed by atoms with Crippen LogP contribution in [0.5, 0.6) is 0 Å². The molecular weight excluding hydrogens is 1030 g/mol. The summed E-state index contributed by atoms with van der Waals surface area (Å²) in [7, 11) is 0. The highest BCUT2D eigenvalue weighted by Crippen LogP contribution is 2.53. The third kappa shape index (κ3) is 8.20. The van der Waals surface area contributed by atoms with Gasteiger partial charge in [-0.15, -0.1) is 0 Å². The van der Waals surface area contributed by atoms with Gasteiger partial charge >= 0.3 is 0 Å². The van der Waals surface area contributed by atoms with Crippen molar-refractivity contribution in [3.63, 3.8) is 0 Å². The van der Waals surface area contributed by atoms with Crippen molar-refractivity contribution in [2.75, 3.05) is 10.2 Å². The Hall–Kier alpha value is -10.1. The van der Waals surface area contributed by atoms with Crippen molar-refractivity contribution in [1.29, 1.82) is 0 Å². The van der Waals surface area contributed by atoms with E-state index in [2.05, 4.69) is 303 Å². The zero-order valence-corrected chi connectivity index (χ0v) is 48.3. The SMILES string of the molecule is CCCCc1c(-c2c(-n3c4ccccc4c4ccccc43)ccc3c2Nc2cc(C(C)(C)C)cc4c2B3c2cc(-c3ccccc3)ccc2N4c2c(-c3ccccc3)cc(-c3ccccc3)cc2-c2ccccc2)ccc2oc3ccccc3c12. The van der Waals surface area contributed by atoms with Crippen molar-refractivity contribution in [3.05, 3.63) is 272 Å². The molecule has 0 radical (unpaired) electrons. The molecule has 2 aliphatic rings. The first-order chi connectivity index (χ1) is 41.8. The highest BCUT2D eigenvalue weighted by Gasteiger charge is 2.44. The molecule has 0 unspecified atom stereocenters. The number of unbranched alkanes of at least 4 members (excludes halogenated alkanes) is 1. The van der Waals surface area contributed by atoms with Crippen LogP contribution in [0.2, 0.25) is 0 Å². The van der Waals surface area contributed by atoms with E-state index in [1.165, 1.54) is 93.8 Å². The quantitative estimate of drug-likeness (QED) is 0.139. The molecule has 0 fully saturated rings. The van der Waals surface area contributed by atoms with Gasteiger partial charge in [0.25, 0.3) is 6.71 Å². The van der Waals surface area contributed by atoms with E-state index >= 15 is 0 Å². The van der Waals surface area contributed by atoms with Crippen molar-refractivity contribution in [1.82, 2.24) is 4.57 Å². The number of para-hydroxylation sites is 3. The van der Waals surface area contributed by atoms with Gasteiger partial charge in [0, 0.05) is 61.0 Å². The Morgan fingerprint density at radius 2 is 1.01 bits per heavy atom. The highest BCUT2D eigenvalue weighted by atomic mass is 16.3. The van der Waals surface area contributed by atoms with Crippen LogP contribution >= 0.6 is 0 Å². The van der Waals surface area contributed by atoms with E-state index in [9.17, 15) is 0 Å². The third-order valence-electron chi connectivity index (χ3n) is 18.2. The first kappa shape index (κ1) is 50.6. The van der Waals surface area contributed by atoms with E-state index in [-0.39, 0.29) is 12.1 Å².